The van der Waals surface area contributed by atoms with Crippen molar-refractivity contribution in [3.8, 4) is 11.5 Å². The lowest BCUT2D eigenvalue weighted by Crippen LogP contribution is -2.47. The van der Waals surface area contributed by atoms with Crippen molar-refractivity contribution in [1.29, 1.82) is 5.41 Å². The molecule has 14 nitrogen and oxygen atoms in total. The summed E-state index contributed by atoms with van der Waals surface area (Å²) in [7, 11) is 2.29. The molecule has 1 atom stereocenters. The van der Waals surface area contributed by atoms with E-state index in [1.54, 1.807) is 12.1 Å². The van der Waals surface area contributed by atoms with Gasteiger partial charge in [-0.25, -0.2) is 9.59 Å². The highest BCUT2D eigenvalue weighted by molar-refractivity contribution is 6.04. The number of hydrogen-bond acceptors (Lipinski definition) is 11. The zero-order chi connectivity index (χ0) is 31.9. The molecule has 4 N–H and O–H groups in total. The maximum atomic E-state index is 12.5. The number of amidine groups is 1. The van der Waals surface area contributed by atoms with Gasteiger partial charge in [-0.1, -0.05) is 36.4 Å². The molecule has 0 spiro atoms. The van der Waals surface area contributed by atoms with Crippen molar-refractivity contribution >= 4 is 35.7 Å². The number of carbonyl (C=O) groups excluding carboxylic acids is 5. The number of hydrogen-bond donors (Lipinski definition) is 4. The van der Waals surface area contributed by atoms with E-state index in [-0.39, 0.29) is 36.0 Å². The van der Waals surface area contributed by atoms with Gasteiger partial charge >= 0.3 is 18.0 Å². The molecule has 14 heteroatoms. The largest absolute Gasteiger partial charge is 0.484 e. The van der Waals surface area contributed by atoms with Crippen LogP contribution in [0, 0.1) is 5.41 Å². The molecular formula is C30H30N4O10. The first kappa shape index (κ1) is 32.6. The predicted molar refractivity (Wildman–Crippen MR) is 154 cm³/mol. The van der Waals surface area contributed by atoms with Gasteiger partial charge < -0.3 is 34.3 Å². The third-order valence-electron chi connectivity index (χ3n) is 5.63. The van der Waals surface area contributed by atoms with E-state index in [1.165, 1.54) is 55.6 Å². The van der Waals surface area contributed by atoms with Crippen LogP contribution >= 0.6 is 0 Å². The Morgan fingerprint density at radius 3 is 2.23 bits per heavy atom. The summed E-state index contributed by atoms with van der Waals surface area (Å²) in [5.74, 6) is -2.75. The van der Waals surface area contributed by atoms with E-state index < -0.39 is 42.7 Å². The molecule has 0 saturated heterocycles. The highest BCUT2D eigenvalue weighted by Crippen LogP contribution is 2.16. The van der Waals surface area contributed by atoms with E-state index in [0.29, 0.717) is 5.56 Å². The average Bonchev–Trinajstić information content (AvgIpc) is 3.05. The summed E-state index contributed by atoms with van der Waals surface area (Å²) in [5, 5.41) is 15.1. The zero-order valence-corrected chi connectivity index (χ0v) is 23.8. The van der Waals surface area contributed by atoms with Crippen LogP contribution in [-0.2, 0) is 35.2 Å². The minimum Gasteiger partial charge on any atom is -0.484 e. The van der Waals surface area contributed by atoms with Gasteiger partial charge in [0.05, 0.1) is 14.2 Å². The maximum Gasteiger partial charge on any atom is 0.413 e. The molecule has 0 aliphatic rings. The van der Waals surface area contributed by atoms with Crippen LogP contribution in [0.2, 0.25) is 0 Å². The fourth-order valence-corrected chi connectivity index (χ4v) is 3.40. The number of esters is 2. The smallest absolute Gasteiger partial charge is 0.413 e. The Morgan fingerprint density at radius 2 is 1.55 bits per heavy atom. The fourth-order valence-electron chi connectivity index (χ4n) is 3.40. The standard InChI is InChI=1S/C30H30N4O10/c1-40-25(36)16-32-27(37)21-9-6-10-23(15-21)44-28(29(38)41-2)33-24(35)18-42-22-13-11-20(12-14-22)26(31)34-30(39)43-17-19-7-4-3-5-8-19/h3-15,28H,16-18H2,1-2H3,(H,32,37)(H,33,35)(H2,31,34,39). The molecule has 3 aromatic rings. The first-order valence-electron chi connectivity index (χ1n) is 13.0. The molecule has 0 aromatic heterocycles. The summed E-state index contributed by atoms with van der Waals surface area (Å²) in [6, 6.07) is 20.8. The Morgan fingerprint density at radius 1 is 0.818 bits per heavy atom. The Hall–Kier alpha value is -5.92. The number of methoxy groups -OCH3 is 2. The lowest BCUT2D eigenvalue weighted by atomic mass is 10.2. The normalized spacial score (nSPS) is 10.8. The molecule has 3 amide bonds. The molecular weight excluding hydrogens is 576 g/mol. The number of amides is 3. The van der Waals surface area contributed by atoms with Gasteiger partial charge in [0, 0.05) is 11.1 Å². The first-order chi connectivity index (χ1) is 21.2. The number of benzene rings is 3. The third kappa shape index (κ3) is 10.5. The number of alkyl carbamates (subject to hydrolysis) is 1. The van der Waals surface area contributed by atoms with Crippen LogP contribution < -0.4 is 25.4 Å². The van der Waals surface area contributed by atoms with Crippen LogP contribution in [0.15, 0.2) is 78.9 Å². The summed E-state index contributed by atoms with van der Waals surface area (Å²) < 4.78 is 25.3. The third-order valence-corrected chi connectivity index (χ3v) is 5.63. The highest BCUT2D eigenvalue weighted by atomic mass is 16.6. The van der Waals surface area contributed by atoms with Crippen molar-refractivity contribution in [3.63, 3.8) is 0 Å². The monoisotopic (exact) mass is 606 g/mol. The minimum absolute atomic E-state index is 0.0543. The number of nitrogens with one attached hydrogen (secondary N) is 4. The van der Waals surface area contributed by atoms with Crippen LogP contribution in [0.3, 0.4) is 0 Å². The number of rotatable bonds is 13. The summed E-state index contributed by atoms with van der Waals surface area (Å²) in [6.07, 6.45) is -2.35. The first-order valence-corrected chi connectivity index (χ1v) is 13.0. The van der Waals surface area contributed by atoms with Gasteiger partial charge in [-0.05, 0) is 48.0 Å². The summed E-state index contributed by atoms with van der Waals surface area (Å²) in [6.45, 7) is -0.792. The molecule has 0 fully saturated rings. The summed E-state index contributed by atoms with van der Waals surface area (Å²) in [5.41, 5.74) is 1.29. The molecule has 0 aliphatic heterocycles. The van der Waals surface area contributed by atoms with Gasteiger partial charge in [-0.15, -0.1) is 0 Å². The topological polar surface area (TPSA) is 191 Å². The van der Waals surface area contributed by atoms with E-state index in [4.69, 9.17) is 24.4 Å². The van der Waals surface area contributed by atoms with Crippen molar-refractivity contribution in [2.45, 2.75) is 12.8 Å². The van der Waals surface area contributed by atoms with Gasteiger partial charge in [-0.3, -0.25) is 25.1 Å². The summed E-state index contributed by atoms with van der Waals surface area (Å²) in [4.78, 5) is 60.3. The predicted octanol–water partition coefficient (Wildman–Crippen LogP) is 1.91. The SMILES string of the molecule is COC(=O)CNC(=O)c1cccc(OC(NC(=O)COc2ccc(C(=N)NC(=O)OCc3ccccc3)cc2)C(=O)OC)c1. The molecule has 3 rings (SSSR count). The quantitative estimate of drug-likeness (QED) is 0.0735. The number of carbonyl (C=O) groups is 5. The van der Waals surface area contributed by atoms with Crippen molar-refractivity contribution in [3.05, 3.63) is 95.6 Å². The van der Waals surface area contributed by atoms with E-state index in [1.807, 2.05) is 18.2 Å². The lowest BCUT2D eigenvalue weighted by Gasteiger charge is -2.18. The van der Waals surface area contributed by atoms with Crippen LogP contribution in [0.1, 0.15) is 21.5 Å². The Kier molecular flexibility index (Phi) is 12.2. The van der Waals surface area contributed by atoms with Crippen LogP contribution in [0.5, 0.6) is 11.5 Å². The average molecular weight is 607 g/mol. The van der Waals surface area contributed by atoms with Crippen molar-refractivity contribution in [2.24, 2.45) is 0 Å². The van der Waals surface area contributed by atoms with Gasteiger partial charge in [-0.2, -0.15) is 0 Å². The Bertz CT molecular complexity index is 1480. The molecule has 0 saturated carbocycles. The second kappa shape index (κ2) is 16.5. The minimum atomic E-state index is -1.57. The van der Waals surface area contributed by atoms with Crippen LogP contribution in [0.25, 0.3) is 0 Å². The zero-order valence-electron chi connectivity index (χ0n) is 23.8. The lowest BCUT2D eigenvalue weighted by molar-refractivity contribution is -0.153. The molecule has 0 aliphatic carbocycles. The van der Waals surface area contributed by atoms with Gasteiger partial charge in [0.15, 0.2) is 6.61 Å². The molecule has 0 bridgehead atoms. The highest BCUT2D eigenvalue weighted by Gasteiger charge is 2.24. The van der Waals surface area contributed by atoms with E-state index in [2.05, 4.69) is 20.7 Å². The van der Waals surface area contributed by atoms with E-state index in [9.17, 15) is 24.0 Å². The second-order valence-electron chi connectivity index (χ2n) is 8.75. The van der Waals surface area contributed by atoms with Gasteiger partial charge in [0.25, 0.3) is 18.0 Å². The van der Waals surface area contributed by atoms with Crippen molar-refractivity contribution in [2.75, 3.05) is 27.4 Å². The van der Waals surface area contributed by atoms with Gasteiger partial charge in [0.1, 0.15) is 30.5 Å². The van der Waals surface area contributed by atoms with E-state index >= 15 is 0 Å². The second-order valence-corrected chi connectivity index (χ2v) is 8.75. The number of ether oxygens (including phenoxy) is 5. The van der Waals surface area contributed by atoms with Crippen molar-refractivity contribution in [1.82, 2.24) is 16.0 Å². The van der Waals surface area contributed by atoms with Crippen LogP contribution in [-0.4, -0.2) is 69.3 Å². The maximum absolute atomic E-state index is 12.5. The Balaban J connectivity index is 1.50. The molecule has 230 valence electrons. The fraction of sp³-hybridized carbons (Fsp3) is 0.200. The van der Waals surface area contributed by atoms with Gasteiger partial charge in [0.2, 0.25) is 0 Å². The molecule has 0 heterocycles. The Labute approximate surface area is 252 Å². The summed E-state index contributed by atoms with van der Waals surface area (Å²) >= 11 is 0. The molecule has 3 aromatic carbocycles. The van der Waals surface area contributed by atoms with Crippen LogP contribution in [0.4, 0.5) is 4.79 Å². The van der Waals surface area contributed by atoms with Crippen molar-refractivity contribution < 1.29 is 47.7 Å². The molecule has 1 unspecified atom stereocenters. The molecule has 0 radical (unpaired) electrons. The molecule has 44 heavy (non-hydrogen) atoms. The van der Waals surface area contributed by atoms with E-state index in [0.717, 1.165) is 12.7 Å².